The van der Waals surface area contributed by atoms with E-state index in [0.717, 1.165) is 10.2 Å². The van der Waals surface area contributed by atoms with Gasteiger partial charge in [0.1, 0.15) is 10.7 Å². The minimum absolute atomic E-state index is 0.563. The van der Waals surface area contributed by atoms with Crippen LogP contribution < -0.4 is 5.73 Å². The fraction of sp³-hybridized carbons (Fsp3) is 0.167. The van der Waals surface area contributed by atoms with Crippen LogP contribution in [0.3, 0.4) is 0 Å². The number of anilines is 1. The van der Waals surface area contributed by atoms with Crippen LogP contribution in [-0.2, 0) is 6.54 Å². The van der Waals surface area contributed by atoms with Crippen LogP contribution in [0.25, 0.3) is 0 Å². The lowest BCUT2D eigenvalue weighted by atomic mass is 10.4. The highest BCUT2D eigenvalue weighted by atomic mass is 79.9. The largest absolute Gasteiger partial charge is 0.388 e. The standard InChI is InChI=1S/C6H6BrN5S/c7-4-1-9-12(2-4)3-5-6(8)13-11-10-5/h1-2H,3,8H2. The van der Waals surface area contributed by atoms with Crippen LogP contribution in [0.4, 0.5) is 5.00 Å². The summed E-state index contributed by atoms with van der Waals surface area (Å²) in [6.07, 6.45) is 3.58. The molecule has 0 amide bonds. The Morgan fingerprint density at radius 2 is 2.46 bits per heavy atom. The molecule has 0 aliphatic heterocycles. The van der Waals surface area contributed by atoms with E-state index in [4.69, 9.17) is 5.73 Å². The molecule has 2 heterocycles. The zero-order valence-corrected chi connectivity index (χ0v) is 8.92. The Morgan fingerprint density at radius 1 is 1.62 bits per heavy atom. The highest BCUT2D eigenvalue weighted by Gasteiger charge is 2.05. The minimum Gasteiger partial charge on any atom is -0.388 e. The van der Waals surface area contributed by atoms with E-state index in [1.807, 2.05) is 6.20 Å². The number of rotatable bonds is 2. The molecule has 0 atom stereocenters. The fourth-order valence-electron chi connectivity index (χ4n) is 0.903. The summed E-state index contributed by atoms with van der Waals surface area (Å²) < 4.78 is 6.42. The van der Waals surface area contributed by atoms with Gasteiger partial charge in [0, 0.05) is 17.7 Å². The molecule has 0 saturated carbocycles. The van der Waals surface area contributed by atoms with Crippen molar-refractivity contribution in [2.24, 2.45) is 0 Å². The Hall–Kier alpha value is -0.950. The van der Waals surface area contributed by atoms with E-state index in [9.17, 15) is 0 Å². The minimum atomic E-state index is 0.563. The van der Waals surface area contributed by atoms with Crippen molar-refractivity contribution in [3.05, 3.63) is 22.6 Å². The van der Waals surface area contributed by atoms with Crippen molar-refractivity contribution in [2.45, 2.75) is 6.54 Å². The van der Waals surface area contributed by atoms with E-state index in [-0.39, 0.29) is 0 Å². The van der Waals surface area contributed by atoms with Gasteiger partial charge in [0.25, 0.3) is 0 Å². The van der Waals surface area contributed by atoms with Crippen molar-refractivity contribution >= 4 is 32.5 Å². The fourth-order valence-corrected chi connectivity index (χ4v) is 1.67. The van der Waals surface area contributed by atoms with Crippen LogP contribution in [0.15, 0.2) is 16.9 Å². The summed E-state index contributed by atoms with van der Waals surface area (Å²) in [5.41, 5.74) is 6.40. The van der Waals surface area contributed by atoms with E-state index in [2.05, 4.69) is 30.6 Å². The highest BCUT2D eigenvalue weighted by molar-refractivity contribution is 9.10. The molecule has 0 aromatic carbocycles. The number of aromatic nitrogens is 4. The Bertz CT molecular complexity index is 409. The summed E-state index contributed by atoms with van der Waals surface area (Å²) in [5.74, 6) is 0. The zero-order chi connectivity index (χ0) is 9.26. The molecule has 2 aromatic rings. The van der Waals surface area contributed by atoms with Gasteiger partial charge in [-0.1, -0.05) is 4.49 Å². The third kappa shape index (κ3) is 1.86. The quantitative estimate of drug-likeness (QED) is 0.878. The third-order valence-corrected chi connectivity index (χ3v) is 2.50. The molecule has 0 aliphatic carbocycles. The molecule has 2 N–H and O–H groups in total. The second-order valence-corrected chi connectivity index (χ2v) is 4.14. The smallest absolute Gasteiger partial charge is 0.132 e. The molecule has 2 rings (SSSR count). The molecule has 0 unspecified atom stereocenters. The number of hydrogen-bond acceptors (Lipinski definition) is 5. The number of halogens is 1. The maximum Gasteiger partial charge on any atom is 0.132 e. The van der Waals surface area contributed by atoms with Gasteiger partial charge in [-0.3, -0.25) is 4.68 Å². The summed E-state index contributed by atoms with van der Waals surface area (Å²) in [7, 11) is 0. The lowest BCUT2D eigenvalue weighted by Gasteiger charge is -1.96. The Labute approximate surface area is 86.9 Å². The van der Waals surface area contributed by atoms with Crippen molar-refractivity contribution in [3.8, 4) is 0 Å². The van der Waals surface area contributed by atoms with Crippen molar-refractivity contribution in [3.63, 3.8) is 0 Å². The Kier molecular flexibility index (Phi) is 2.28. The molecule has 13 heavy (non-hydrogen) atoms. The van der Waals surface area contributed by atoms with E-state index in [1.165, 1.54) is 11.5 Å². The van der Waals surface area contributed by atoms with E-state index < -0.39 is 0 Å². The van der Waals surface area contributed by atoms with Crippen molar-refractivity contribution < 1.29 is 0 Å². The summed E-state index contributed by atoms with van der Waals surface area (Å²) in [5, 5.41) is 8.62. The Balaban J connectivity index is 2.19. The van der Waals surface area contributed by atoms with Crippen LogP contribution in [0, 0.1) is 0 Å². The van der Waals surface area contributed by atoms with Gasteiger partial charge in [-0.05, 0) is 15.9 Å². The predicted octanol–water partition coefficient (Wildman–Crippen LogP) is 1.13. The predicted molar refractivity (Wildman–Crippen MR) is 53.4 cm³/mol. The van der Waals surface area contributed by atoms with Gasteiger partial charge in [0.05, 0.1) is 17.2 Å². The van der Waals surface area contributed by atoms with Crippen LogP contribution in [0.2, 0.25) is 0 Å². The summed E-state index contributed by atoms with van der Waals surface area (Å²) >= 11 is 4.50. The van der Waals surface area contributed by atoms with Gasteiger partial charge in [-0.2, -0.15) is 5.10 Å². The van der Waals surface area contributed by atoms with Crippen molar-refractivity contribution in [2.75, 3.05) is 5.73 Å². The topological polar surface area (TPSA) is 69.6 Å². The average molecular weight is 260 g/mol. The van der Waals surface area contributed by atoms with E-state index >= 15 is 0 Å². The second-order valence-electron chi connectivity index (χ2n) is 2.44. The van der Waals surface area contributed by atoms with Gasteiger partial charge in [-0.15, -0.1) is 5.10 Å². The van der Waals surface area contributed by atoms with Gasteiger partial charge in [-0.25, -0.2) is 0 Å². The maximum atomic E-state index is 5.64. The molecule has 0 spiro atoms. The number of nitrogens with zero attached hydrogens (tertiary/aromatic N) is 4. The second kappa shape index (κ2) is 3.43. The summed E-state index contributed by atoms with van der Waals surface area (Å²) in [6, 6.07) is 0. The molecule has 0 aliphatic rings. The van der Waals surface area contributed by atoms with Crippen molar-refractivity contribution in [1.82, 2.24) is 19.4 Å². The first-order chi connectivity index (χ1) is 6.25. The highest BCUT2D eigenvalue weighted by Crippen LogP contribution is 2.14. The molecular formula is C6H6BrN5S. The first kappa shape index (κ1) is 8.64. The molecule has 0 radical (unpaired) electrons. The molecule has 68 valence electrons. The SMILES string of the molecule is Nc1snnc1Cn1cc(Br)cn1. The van der Waals surface area contributed by atoms with Gasteiger partial charge >= 0.3 is 0 Å². The van der Waals surface area contributed by atoms with Gasteiger partial charge in [0.2, 0.25) is 0 Å². The van der Waals surface area contributed by atoms with Crippen molar-refractivity contribution in [1.29, 1.82) is 0 Å². The average Bonchev–Trinajstić information content (AvgIpc) is 2.64. The van der Waals surface area contributed by atoms with Crippen LogP contribution in [-0.4, -0.2) is 19.4 Å². The first-order valence-electron chi connectivity index (χ1n) is 3.50. The zero-order valence-electron chi connectivity index (χ0n) is 6.51. The van der Waals surface area contributed by atoms with Crippen LogP contribution in [0.5, 0.6) is 0 Å². The number of hydrogen-bond donors (Lipinski definition) is 1. The third-order valence-electron chi connectivity index (χ3n) is 1.50. The van der Waals surface area contributed by atoms with E-state index in [0.29, 0.717) is 11.5 Å². The molecule has 7 heteroatoms. The van der Waals surface area contributed by atoms with Gasteiger partial charge in [0.15, 0.2) is 0 Å². The van der Waals surface area contributed by atoms with E-state index in [1.54, 1.807) is 10.9 Å². The lowest BCUT2D eigenvalue weighted by molar-refractivity contribution is 0.671. The van der Waals surface area contributed by atoms with Crippen LogP contribution in [0.1, 0.15) is 5.69 Å². The summed E-state index contributed by atoms with van der Waals surface area (Å²) in [4.78, 5) is 0. The molecule has 2 aromatic heterocycles. The molecule has 0 fully saturated rings. The lowest BCUT2D eigenvalue weighted by Crippen LogP contribution is -2.02. The summed E-state index contributed by atoms with van der Waals surface area (Å²) in [6.45, 7) is 0.563. The number of nitrogens with two attached hydrogens (primary N) is 1. The number of nitrogen functional groups attached to an aromatic ring is 1. The Morgan fingerprint density at radius 3 is 3.00 bits per heavy atom. The molecule has 0 bridgehead atoms. The van der Waals surface area contributed by atoms with Crippen LogP contribution >= 0.6 is 27.5 Å². The first-order valence-corrected chi connectivity index (χ1v) is 5.07. The maximum absolute atomic E-state index is 5.64. The molecule has 0 saturated heterocycles. The molecular weight excluding hydrogens is 254 g/mol. The van der Waals surface area contributed by atoms with Gasteiger partial charge < -0.3 is 5.73 Å². The monoisotopic (exact) mass is 259 g/mol. The molecule has 5 nitrogen and oxygen atoms in total. The normalized spacial score (nSPS) is 10.5.